The van der Waals surface area contributed by atoms with Crippen LogP contribution in [0.2, 0.25) is 0 Å². The summed E-state index contributed by atoms with van der Waals surface area (Å²) in [6.45, 7) is 5.28. The fourth-order valence-electron chi connectivity index (χ4n) is 1.85. The Kier molecular flexibility index (Phi) is 4.47. The Hall–Kier alpha value is -0.980. The molecule has 1 amide bonds. The highest BCUT2D eigenvalue weighted by Gasteiger charge is 2.46. The monoisotopic (exact) mass is 268 g/mol. The summed E-state index contributed by atoms with van der Waals surface area (Å²) in [5.74, 6) is 0. The molecule has 106 valence electrons. The van der Waals surface area contributed by atoms with Crippen molar-refractivity contribution in [2.45, 2.75) is 57.5 Å². The second-order valence-electron chi connectivity index (χ2n) is 5.37. The van der Waals surface area contributed by atoms with Gasteiger partial charge in [0.05, 0.1) is 6.04 Å². The first-order valence-electron chi connectivity index (χ1n) is 5.89. The van der Waals surface area contributed by atoms with E-state index in [1.54, 1.807) is 20.8 Å². The topological polar surface area (TPSA) is 50.4 Å². The van der Waals surface area contributed by atoms with E-state index >= 15 is 0 Å². The number of rotatable bonds is 1. The van der Waals surface area contributed by atoms with E-state index in [1.807, 2.05) is 0 Å². The molecule has 0 aromatic heterocycles. The Morgan fingerprint density at radius 2 is 1.94 bits per heavy atom. The van der Waals surface area contributed by atoms with Gasteiger partial charge in [0.25, 0.3) is 0 Å². The Morgan fingerprint density at radius 3 is 2.44 bits per heavy atom. The first-order chi connectivity index (χ1) is 8.09. The van der Waals surface area contributed by atoms with Crippen molar-refractivity contribution in [2.24, 2.45) is 0 Å². The van der Waals surface area contributed by atoms with Crippen molar-refractivity contribution in [3.63, 3.8) is 0 Å². The quantitative estimate of drug-likeness (QED) is 0.766. The fourth-order valence-corrected chi connectivity index (χ4v) is 1.85. The smallest absolute Gasteiger partial charge is 0.407 e. The minimum absolute atomic E-state index is 0.288. The predicted molar refractivity (Wildman–Crippen MR) is 60.2 cm³/mol. The minimum atomic E-state index is -4.37. The van der Waals surface area contributed by atoms with E-state index in [4.69, 9.17) is 4.74 Å². The van der Waals surface area contributed by atoms with Crippen LogP contribution in [0.25, 0.3) is 0 Å². The maximum Gasteiger partial charge on any atom is 0.407 e. The van der Waals surface area contributed by atoms with Crippen molar-refractivity contribution in [3.05, 3.63) is 0 Å². The molecule has 1 aliphatic rings. The molecule has 1 saturated heterocycles. The molecule has 4 nitrogen and oxygen atoms in total. The molecule has 0 aromatic rings. The molecule has 0 radical (unpaired) electrons. The first kappa shape index (κ1) is 15.1. The van der Waals surface area contributed by atoms with E-state index in [0.29, 0.717) is 13.0 Å². The van der Waals surface area contributed by atoms with Crippen molar-refractivity contribution < 1.29 is 22.7 Å². The Balaban J connectivity index is 2.60. The van der Waals surface area contributed by atoms with Crippen molar-refractivity contribution in [2.75, 3.05) is 6.54 Å². The number of halogens is 3. The zero-order valence-corrected chi connectivity index (χ0v) is 10.7. The number of amides is 1. The van der Waals surface area contributed by atoms with Gasteiger partial charge in [0.2, 0.25) is 0 Å². The number of alkyl carbamates (subject to hydrolysis) is 1. The summed E-state index contributed by atoms with van der Waals surface area (Å²) in [6.07, 6.45) is -4.31. The van der Waals surface area contributed by atoms with Gasteiger partial charge < -0.3 is 15.4 Å². The third kappa shape index (κ3) is 4.72. The Bertz CT molecular complexity index is 300. The van der Waals surface area contributed by atoms with Crippen LogP contribution in [-0.2, 0) is 4.74 Å². The summed E-state index contributed by atoms with van der Waals surface area (Å²) in [5, 5.41) is 4.67. The third-order valence-corrected chi connectivity index (χ3v) is 2.51. The van der Waals surface area contributed by atoms with Crippen LogP contribution < -0.4 is 10.6 Å². The van der Waals surface area contributed by atoms with Gasteiger partial charge in [-0.15, -0.1) is 0 Å². The summed E-state index contributed by atoms with van der Waals surface area (Å²) >= 11 is 0. The predicted octanol–water partition coefficient (Wildman–Crippen LogP) is 2.19. The standard InChI is InChI=1S/C11H19F3N2O2/c1-10(2,3)18-9(17)16-7-5-4-6-15-8(7)11(12,13)14/h7-8,15H,4-6H2,1-3H3,(H,16,17)/t7-,8+/m1/s1. The highest BCUT2D eigenvalue weighted by molar-refractivity contribution is 5.68. The first-order valence-corrected chi connectivity index (χ1v) is 5.89. The van der Waals surface area contributed by atoms with Crippen LogP contribution in [0.15, 0.2) is 0 Å². The number of ether oxygens (including phenoxy) is 1. The lowest BCUT2D eigenvalue weighted by Gasteiger charge is -2.34. The van der Waals surface area contributed by atoms with E-state index in [0.717, 1.165) is 0 Å². The second-order valence-corrected chi connectivity index (χ2v) is 5.37. The summed E-state index contributed by atoms with van der Waals surface area (Å²) < 4.78 is 43.1. The van der Waals surface area contributed by atoms with Gasteiger partial charge in [0.1, 0.15) is 11.6 Å². The number of carbonyl (C=O) groups excluding carboxylic acids is 1. The molecule has 1 fully saturated rings. The number of hydrogen-bond acceptors (Lipinski definition) is 3. The van der Waals surface area contributed by atoms with E-state index in [-0.39, 0.29) is 6.42 Å². The molecular weight excluding hydrogens is 249 g/mol. The fraction of sp³-hybridized carbons (Fsp3) is 0.909. The molecule has 18 heavy (non-hydrogen) atoms. The van der Waals surface area contributed by atoms with E-state index in [1.165, 1.54) is 0 Å². The maximum atomic E-state index is 12.7. The lowest BCUT2D eigenvalue weighted by atomic mass is 9.98. The molecule has 0 bridgehead atoms. The van der Waals surface area contributed by atoms with Gasteiger partial charge in [-0.2, -0.15) is 13.2 Å². The van der Waals surface area contributed by atoms with Crippen molar-refractivity contribution in [1.82, 2.24) is 10.6 Å². The lowest BCUT2D eigenvalue weighted by molar-refractivity contribution is -0.165. The van der Waals surface area contributed by atoms with Crippen LogP contribution in [-0.4, -0.2) is 36.5 Å². The average Bonchev–Trinajstić information content (AvgIpc) is 2.13. The molecular formula is C11H19F3N2O2. The largest absolute Gasteiger partial charge is 0.444 e. The molecule has 1 rings (SSSR count). The summed E-state index contributed by atoms with van der Waals surface area (Å²) in [5.41, 5.74) is -0.722. The highest BCUT2D eigenvalue weighted by Crippen LogP contribution is 2.26. The normalized spacial score (nSPS) is 25.7. The summed E-state index contributed by atoms with van der Waals surface area (Å²) in [4.78, 5) is 11.5. The van der Waals surface area contributed by atoms with Gasteiger partial charge in [-0.1, -0.05) is 0 Å². The van der Waals surface area contributed by atoms with E-state index in [2.05, 4.69) is 10.6 Å². The molecule has 1 heterocycles. The van der Waals surface area contributed by atoms with Crippen LogP contribution in [0.4, 0.5) is 18.0 Å². The molecule has 1 aliphatic heterocycles. The number of piperidine rings is 1. The van der Waals surface area contributed by atoms with Crippen LogP contribution in [0.1, 0.15) is 33.6 Å². The number of carbonyl (C=O) groups is 1. The number of alkyl halides is 3. The number of nitrogens with one attached hydrogen (secondary N) is 2. The van der Waals surface area contributed by atoms with E-state index in [9.17, 15) is 18.0 Å². The summed E-state index contributed by atoms with van der Waals surface area (Å²) in [6, 6.07) is -2.69. The van der Waals surface area contributed by atoms with Crippen LogP contribution in [0.5, 0.6) is 0 Å². The average molecular weight is 268 g/mol. The number of hydrogen-bond donors (Lipinski definition) is 2. The highest BCUT2D eigenvalue weighted by atomic mass is 19.4. The van der Waals surface area contributed by atoms with Gasteiger partial charge in [-0.05, 0) is 40.2 Å². The summed E-state index contributed by atoms with van der Waals surface area (Å²) in [7, 11) is 0. The molecule has 0 saturated carbocycles. The van der Waals surface area contributed by atoms with E-state index < -0.39 is 30.0 Å². The Morgan fingerprint density at radius 1 is 1.33 bits per heavy atom. The van der Waals surface area contributed by atoms with Crippen LogP contribution in [0.3, 0.4) is 0 Å². The molecule has 0 aliphatic carbocycles. The molecule has 0 unspecified atom stereocenters. The van der Waals surface area contributed by atoms with Gasteiger partial charge in [-0.25, -0.2) is 4.79 Å². The van der Waals surface area contributed by atoms with Crippen molar-refractivity contribution in [1.29, 1.82) is 0 Å². The van der Waals surface area contributed by atoms with Crippen LogP contribution >= 0.6 is 0 Å². The van der Waals surface area contributed by atoms with Crippen molar-refractivity contribution >= 4 is 6.09 Å². The molecule has 0 spiro atoms. The zero-order chi connectivity index (χ0) is 14.0. The second kappa shape index (κ2) is 5.34. The van der Waals surface area contributed by atoms with Crippen molar-refractivity contribution in [3.8, 4) is 0 Å². The third-order valence-electron chi connectivity index (χ3n) is 2.51. The maximum absolute atomic E-state index is 12.7. The molecule has 2 N–H and O–H groups in total. The van der Waals surface area contributed by atoms with Crippen LogP contribution in [0, 0.1) is 0 Å². The zero-order valence-electron chi connectivity index (χ0n) is 10.7. The van der Waals surface area contributed by atoms with Gasteiger partial charge >= 0.3 is 12.3 Å². The van der Waals surface area contributed by atoms with Gasteiger partial charge in [0, 0.05) is 0 Å². The molecule has 2 atom stereocenters. The van der Waals surface area contributed by atoms with Gasteiger partial charge in [-0.3, -0.25) is 0 Å². The lowest BCUT2D eigenvalue weighted by Crippen LogP contribution is -2.60. The minimum Gasteiger partial charge on any atom is -0.444 e. The Labute approximate surface area is 104 Å². The van der Waals surface area contributed by atoms with Gasteiger partial charge in [0.15, 0.2) is 0 Å². The molecule has 7 heteroatoms. The molecule has 0 aromatic carbocycles. The SMILES string of the molecule is CC(C)(C)OC(=O)N[C@@H]1CCCN[C@@H]1C(F)(F)F.